The molecule has 0 saturated heterocycles. The van der Waals surface area contributed by atoms with Gasteiger partial charge in [0.15, 0.2) is 0 Å². The van der Waals surface area contributed by atoms with Gasteiger partial charge in [-0.2, -0.15) is 13.2 Å². The molecule has 108 valence electrons. The fourth-order valence-electron chi connectivity index (χ4n) is 1.80. The lowest BCUT2D eigenvalue weighted by Gasteiger charge is -2.19. The molecule has 0 saturated carbocycles. The van der Waals surface area contributed by atoms with Gasteiger partial charge in [-0.3, -0.25) is 0 Å². The number of halogens is 3. The first-order valence-electron chi connectivity index (χ1n) is 6.47. The lowest BCUT2D eigenvalue weighted by molar-refractivity contribution is -0.137. The molecule has 1 aromatic rings. The van der Waals surface area contributed by atoms with E-state index in [4.69, 9.17) is 4.74 Å². The van der Waals surface area contributed by atoms with E-state index in [1.165, 1.54) is 12.1 Å². The maximum atomic E-state index is 12.7. The molecule has 0 fully saturated rings. The van der Waals surface area contributed by atoms with E-state index in [9.17, 15) is 13.2 Å². The van der Waals surface area contributed by atoms with Gasteiger partial charge in [-0.25, -0.2) is 0 Å². The van der Waals surface area contributed by atoms with Crippen LogP contribution < -0.4 is 5.32 Å². The Bertz CT molecular complexity index is 379. The molecule has 2 nitrogen and oxygen atoms in total. The minimum Gasteiger partial charge on any atom is -0.379 e. The molecule has 1 unspecified atom stereocenters. The molecule has 1 rings (SSSR count). The van der Waals surface area contributed by atoms with E-state index >= 15 is 0 Å². The molecule has 0 heterocycles. The lowest BCUT2D eigenvalue weighted by atomic mass is 10.0. The van der Waals surface area contributed by atoms with Gasteiger partial charge in [0.1, 0.15) is 0 Å². The van der Waals surface area contributed by atoms with E-state index in [0.717, 1.165) is 12.5 Å². The summed E-state index contributed by atoms with van der Waals surface area (Å²) in [6.45, 7) is 5.58. The van der Waals surface area contributed by atoms with Crippen molar-refractivity contribution in [2.75, 3.05) is 19.8 Å². The lowest BCUT2D eigenvalue weighted by Crippen LogP contribution is -2.26. The van der Waals surface area contributed by atoms with Gasteiger partial charge < -0.3 is 10.1 Å². The zero-order valence-corrected chi connectivity index (χ0v) is 11.3. The number of alkyl halides is 3. The van der Waals surface area contributed by atoms with Crippen LogP contribution in [0.2, 0.25) is 0 Å². The number of ether oxygens (including phenoxy) is 1. The predicted molar refractivity (Wildman–Crippen MR) is 69.0 cm³/mol. The second-order valence-corrected chi connectivity index (χ2v) is 4.31. The Kier molecular flexibility index (Phi) is 6.31. The van der Waals surface area contributed by atoms with Crippen LogP contribution >= 0.6 is 0 Å². The van der Waals surface area contributed by atoms with Crippen LogP contribution in [0.3, 0.4) is 0 Å². The fourth-order valence-corrected chi connectivity index (χ4v) is 1.80. The van der Waals surface area contributed by atoms with Gasteiger partial charge in [0, 0.05) is 6.61 Å². The summed E-state index contributed by atoms with van der Waals surface area (Å²) in [4.78, 5) is 0. The predicted octanol–water partition coefficient (Wildman–Crippen LogP) is 3.78. The van der Waals surface area contributed by atoms with Crippen molar-refractivity contribution < 1.29 is 17.9 Å². The highest BCUT2D eigenvalue weighted by Crippen LogP contribution is 2.30. The Morgan fingerprint density at radius 3 is 2.58 bits per heavy atom. The van der Waals surface area contributed by atoms with E-state index in [1.54, 1.807) is 6.07 Å². The first kappa shape index (κ1) is 16.0. The Balaban J connectivity index is 2.83. The summed E-state index contributed by atoms with van der Waals surface area (Å²) >= 11 is 0. The summed E-state index contributed by atoms with van der Waals surface area (Å²) in [6, 6.07) is 5.18. The molecule has 1 N–H and O–H groups in total. The van der Waals surface area contributed by atoms with Gasteiger partial charge in [-0.05, 0) is 30.7 Å². The molecule has 0 aliphatic rings. The molecule has 0 bridgehead atoms. The maximum absolute atomic E-state index is 12.7. The van der Waals surface area contributed by atoms with Crippen LogP contribution in [-0.2, 0) is 10.9 Å². The molecular weight excluding hydrogens is 255 g/mol. The average molecular weight is 275 g/mol. The number of hydrogen-bond acceptors (Lipinski definition) is 2. The summed E-state index contributed by atoms with van der Waals surface area (Å²) in [6.07, 6.45) is -3.42. The van der Waals surface area contributed by atoms with Crippen LogP contribution in [-0.4, -0.2) is 19.8 Å². The fraction of sp³-hybridized carbons (Fsp3) is 0.571. The second kappa shape index (κ2) is 7.50. The molecule has 1 atom stereocenters. The van der Waals surface area contributed by atoms with Crippen LogP contribution in [0, 0.1) is 0 Å². The van der Waals surface area contributed by atoms with E-state index in [0.29, 0.717) is 25.3 Å². The summed E-state index contributed by atoms with van der Waals surface area (Å²) in [5.41, 5.74) is -0.0174. The van der Waals surface area contributed by atoms with Crippen LogP contribution in [0.15, 0.2) is 24.3 Å². The van der Waals surface area contributed by atoms with Gasteiger partial charge in [-0.1, -0.05) is 26.0 Å². The van der Waals surface area contributed by atoms with Crippen molar-refractivity contribution in [2.24, 2.45) is 0 Å². The molecule has 0 amide bonds. The maximum Gasteiger partial charge on any atom is 0.416 e. The normalized spacial score (nSPS) is 13.5. The summed E-state index contributed by atoms with van der Waals surface area (Å²) in [7, 11) is 0. The zero-order chi connectivity index (χ0) is 14.3. The third-order valence-electron chi connectivity index (χ3n) is 2.70. The van der Waals surface area contributed by atoms with Crippen molar-refractivity contribution in [3.8, 4) is 0 Å². The molecule has 0 aliphatic carbocycles. The Morgan fingerprint density at radius 2 is 2.00 bits per heavy atom. The number of hydrogen-bond donors (Lipinski definition) is 1. The van der Waals surface area contributed by atoms with Gasteiger partial charge in [0.25, 0.3) is 0 Å². The molecule has 5 heteroatoms. The smallest absolute Gasteiger partial charge is 0.379 e. The van der Waals surface area contributed by atoms with Crippen LogP contribution in [0.4, 0.5) is 13.2 Å². The minimum atomic E-state index is -4.31. The van der Waals surface area contributed by atoms with E-state index < -0.39 is 11.7 Å². The number of rotatable bonds is 7. The molecule has 0 radical (unpaired) electrons. The highest BCUT2D eigenvalue weighted by molar-refractivity contribution is 5.28. The van der Waals surface area contributed by atoms with E-state index in [1.807, 2.05) is 13.8 Å². The Labute approximate surface area is 112 Å². The van der Waals surface area contributed by atoms with Crippen molar-refractivity contribution in [3.05, 3.63) is 35.4 Å². The minimum absolute atomic E-state index is 0.209. The summed E-state index contributed by atoms with van der Waals surface area (Å²) in [5, 5.41) is 3.14. The standard InChI is InChI=1S/C14H20F3NO/c1-3-8-19-10-13(18-4-2)11-6-5-7-12(9-11)14(15,16)17/h5-7,9,13,18H,3-4,8,10H2,1-2H3. The molecule has 0 aromatic heterocycles. The van der Waals surface area contributed by atoms with Crippen molar-refractivity contribution in [3.63, 3.8) is 0 Å². The van der Waals surface area contributed by atoms with E-state index in [2.05, 4.69) is 5.32 Å². The van der Waals surface area contributed by atoms with Crippen LogP contribution in [0.1, 0.15) is 37.4 Å². The van der Waals surface area contributed by atoms with Crippen molar-refractivity contribution in [2.45, 2.75) is 32.5 Å². The van der Waals surface area contributed by atoms with Crippen molar-refractivity contribution in [1.29, 1.82) is 0 Å². The van der Waals surface area contributed by atoms with Gasteiger partial charge in [0.2, 0.25) is 0 Å². The van der Waals surface area contributed by atoms with Gasteiger partial charge >= 0.3 is 6.18 Å². The second-order valence-electron chi connectivity index (χ2n) is 4.31. The quantitative estimate of drug-likeness (QED) is 0.765. The molecule has 0 spiro atoms. The van der Waals surface area contributed by atoms with Gasteiger partial charge in [0.05, 0.1) is 18.2 Å². The SMILES string of the molecule is CCCOCC(NCC)c1cccc(C(F)(F)F)c1. The number of nitrogens with one attached hydrogen (secondary N) is 1. The third-order valence-corrected chi connectivity index (χ3v) is 2.70. The third kappa shape index (κ3) is 5.20. The summed E-state index contributed by atoms with van der Waals surface area (Å²) in [5.74, 6) is 0. The molecule has 0 aliphatic heterocycles. The molecular formula is C14H20F3NO. The zero-order valence-electron chi connectivity index (χ0n) is 11.3. The van der Waals surface area contributed by atoms with Crippen molar-refractivity contribution in [1.82, 2.24) is 5.32 Å². The highest BCUT2D eigenvalue weighted by Gasteiger charge is 2.30. The number of benzene rings is 1. The average Bonchev–Trinajstić information content (AvgIpc) is 2.37. The first-order chi connectivity index (χ1) is 8.99. The summed E-state index contributed by atoms with van der Waals surface area (Å²) < 4.78 is 43.4. The van der Waals surface area contributed by atoms with Crippen molar-refractivity contribution >= 4 is 0 Å². The highest BCUT2D eigenvalue weighted by atomic mass is 19.4. The first-order valence-corrected chi connectivity index (χ1v) is 6.47. The largest absolute Gasteiger partial charge is 0.416 e. The Hall–Kier alpha value is -1.07. The molecule has 1 aromatic carbocycles. The number of likely N-dealkylation sites (N-methyl/N-ethyl adjacent to an activating group) is 1. The molecule has 19 heavy (non-hydrogen) atoms. The Morgan fingerprint density at radius 1 is 1.26 bits per heavy atom. The van der Waals surface area contributed by atoms with Crippen LogP contribution in [0.5, 0.6) is 0 Å². The monoisotopic (exact) mass is 275 g/mol. The van der Waals surface area contributed by atoms with Crippen LogP contribution in [0.25, 0.3) is 0 Å². The van der Waals surface area contributed by atoms with Gasteiger partial charge in [-0.15, -0.1) is 0 Å². The topological polar surface area (TPSA) is 21.3 Å². The van der Waals surface area contributed by atoms with E-state index in [-0.39, 0.29) is 6.04 Å².